The highest BCUT2D eigenvalue weighted by Gasteiger charge is 2.04. The van der Waals surface area contributed by atoms with Gasteiger partial charge in [-0.15, -0.1) is 0 Å². The van der Waals surface area contributed by atoms with Gasteiger partial charge in [-0.05, 0) is 25.1 Å². The molecule has 2 N–H and O–H groups in total. The fourth-order valence-corrected chi connectivity index (χ4v) is 1.13. The number of hydrogen-bond acceptors (Lipinski definition) is 4. The lowest BCUT2D eigenvalue weighted by atomic mass is 10.1. The fraction of sp³-hybridized carbons (Fsp3) is 0.273. The van der Waals surface area contributed by atoms with Gasteiger partial charge in [0.05, 0.1) is 12.8 Å². The Morgan fingerprint density at radius 1 is 1.44 bits per heavy atom. The third-order valence-corrected chi connectivity index (χ3v) is 1.98. The number of hydrogen-bond donors (Lipinski definition) is 2. The van der Waals surface area contributed by atoms with Crippen LogP contribution < -0.4 is 10.2 Å². The lowest BCUT2D eigenvalue weighted by Crippen LogP contribution is -2.15. The predicted octanol–water partition coefficient (Wildman–Crippen LogP) is 1.26. The monoisotopic (exact) mass is 222 g/mol. The maximum atomic E-state index is 10.7. The predicted molar refractivity (Wildman–Crippen MR) is 60.7 cm³/mol. The Morgan fingerprint density at radius 2 is 2.12 bits per heavy atom. The van der Waals surface area contributed by atoms with Crippen LogP contribution in [0, 0.1) is 0 Å². The number of rotatable bonds is 3. The van der Waals surface area contributed by atoms with Crippen LogP contribution >= 0.6 is 0 Å². The SMILES string of the molecule is COc1cc(/C(C)=N/NC(C)=O)ccc1O. The van der Waals surface area contributed by atoms with Gasteiger partial charge in [-0.25, -0.2) is 5.43 Å². The van der Waals surface area contributed by atoms with Crippen LogP contribution in [0.1, 0.15) is 19.4 Å². The number of phenolic OH excluding ortho intramolecular Hbond substituents is 1. The molecule has 0 aromatic heterocycles. The van der Waals surface area contributed by atoms with Gasteiger partial charge < -0.3 is 9.84 Å². The minimum Gasteiger partial charge on any atom is -0.504 e. The van der Waals surface area contributed by atoms with E-state index in [1.807, 2.05) is 0 Å². The number of amides is 1. The van der Waals surface area contributed by atoms with Crippen molar-refractivity contribution < 1.29 is 14.6 Å². The van der Waals surface area contributed by atoms with Gasteiger partial charge in [0.25, 0.3) is 0 Å². The molecule has 0 spiro atoms. The molecule has 0 bridgehead atoms. The van der Waals surface area contributed by atoms with Crippen LogP contribution in [0.25, 0.3) is 0 Å². The van der Waals surface area contributed by atoms with E-state index in [4.69, 9.17) is 4.74 Å². The first-order chi connectivity index (χ1) is 7.54. The number of nitrogens with one attached hydrogen (secondary N) is 1. The third-order valence-electron chi connectivity index (χ3n) is 1.98. The van der Waals surface area contributed by atoms with Gasteiger partial charge in [0.1, 0.15) is 0 Å². The Bertz CT molecular complexity index is 427. The number of ether oxygens (including phenoxy) is 1. The molecule has 0 atom stereocenters. The minimum absolute atomic E-state index is 0.0681. The number of phenols is 1. The van der Waals surface area contributed by atoms with Gasteiger partial charge in [0.2, 0.25) is 5.91 Å². The van der Waals surface area contributed by atoms with E-state index in [1.165, 1.54) is 20.1 Å². The minimum atomic E-state index is -0.231. The zero-order valence-corrected chi connectivity index (χ0v) is 9.44. The van der Waals surface area contributed by atoms with Crippen molar-refractivity contribution in [1.82, 2.24) is 5.43 Å². The van der Waals surface area contributed by atoms with E-state index in [-0.39, 0.29) is 11.7 Å². The smallest absolute Gasteiger partial charge is 0.236 e. The third kappa shape index (κ3) is 2.98. The Hall–Kier alpha value is -2.04. The quantitative estimate of drug-likeness (QED) is 0.597. The van der Waals surface area contributed by atoms with Crippen LogP contribution in [0.4, 0.5) is 0 Å². The molecule has 1 aromatic carbocycles. The summed E-state index contributed by atoms with van der Waals surface area (Å²) in [5.41, 5.74) is 3.74. The number of carbonyl (C=O) groups excluding carboxylic acids is 1. The second-order valence-corrected chi connectivity index (χ2v) is 3.25. The van der Waals surface area contributed by atoms with Crippen molar-refractivity contribution in [2.45, 2.75) is 13.8 Å². The first-order valence-corrected chi connectivity index (χ1v) is 4.73. The summed E-state index contributed by atoms with van der Waals surface area (Å²) in [6.07, 6.45) is 0. The van der Waals surface area contributed by atoms with Crippen LogP contribution in [0.2, 0.25) is 0 Å². The lowest BCUT2D eigenvalue weighted by molar-refractivity contribution is -0.118. The average Bonchev–Trinajstić information content (AvgIpc) is 2.26. The number of hydrazone groups is 1. The van der Waals surface area contributed by atoms with Gasteiger partial charge in [0.15, 0.2) is 11.5 Å². The van der Waals surface area contributed by atoms with Crippen molar-refractivity contribution in [2.24, 2.45) is 5.10 Å². The number of nitrogens with zero attached hydrogens (tertiary/aromatic N) is 1. The van der Waals surface area contributed by atoms with Gasteiger partial charge >= 0.3 is 0 Å². The first kappa shape index (κ1) is 12.0. The van der Waals surface area contributed by atoms with Crippen LogP contribution in [0.15, 0.2) is 23.3 Å². The molecule has 0 aliphatic heterocycles. The Kier molecular flexibility index (Phi) is 3.88. The van der Waals surface area contributed by atoms with Crippen molar-refractivity contribution in [3.8, 4) is 11.5 Å². The summed E-state index contributed by atoms with van der Waals surface area (Å²) in [7, 11) is 1.47. The summed E-state index contributed by atoms with van der Waals surface area (Å²) < 4.78 is 4.97. The van der Waals surface area contributed by atoms with Crippen LogP contribution in [-0.2, 0) is 4.79 Å². The molecule has 16 heavy (non-hydrogen) atoms. The number of carbonyl (C=O) groups is 1. The molecule has 1 rings (SSSR count). The van der Waals surface area contributed by atoms with Gasteiger partial charge in [-0.2, -0.15) is 5.10 Å². The molecule has 0 aliphatic rings. The van der Waals surface area contributed by atoms with Crippen LogP contribution in [0.5, 0.6) is 11.5 Å². The Morgan fingerprint density at radius 3 is 2.69 bits per heavy atom. The van der Waals surface area contributed by atoms with Crippen molar-refractivity contribution in [3.63, 3.8) is 0 Å². The maximum Gasteiger partial charge on any atom is 0.236 e. The van der Waals surface area contributed by atoms with Crippen molar-refractivity contribution in [3.05, 3.63) is 23.8 Å². The topological polar surface area (TPSA) is 70.9 Å². The maximum absolute atomic E-state index is 10.7. The second-order valence-electron chi connectivity index (χ2n) is 3.25. The molecule has 0 fully saturated rings. The summed E-state index contributed by atoms with van der Waals surface area (Å²) in [5.74, 6) is 0.207. The molecule has 0 saturated heterocycles. The molecule has 1 amide bonds. The molecule has 5 heteroatoms. The number of aromatic hydroxyl groups is 1. The standard InChI is InChI=1S/C11H14N2O3/c1-7(12-13-8(2)14)9-4-5-10(15)11(6-9)16-3/h4-6,15H,1-3H3,(H,13,14)/b12-7+. The largest absolute Gasteiger partial charge is 0.504 e. The molecule has 0 heterocycles. The van der Waals surface area contributed by atoms with Crippen LogP contribution in [-0.4, -0.2) is 23.8 Å². The molecule has 0 unspecified atom stereocenters. The zero-order valence-electron chi connectivity index (χ0n) is 9.44. The fourth-order valence-electron chi connectivity index (χ4n) is 1.13. The molecule has 0 aliphatic carbocycles. The lowest BCUT2D eigenvalue weighted by Gasteiger charge is -2.06. The molecule has 5 nitrogen and oxygen atoms in total. The highest BCUT2D eigenvalue weighted by atomic mass is 16.5. The zero-order chi connectivity index (χ0) is 12.1. The molecule has 0 saturated carbocycles. The first-order valence-electron chi connectivity index (χ1n) is 4.73. The summed E-state index contributed by atoms with van der Waals surface area (Å²) in [4.78, 5) is 10.7. The van der Waals surface area contributed by atoms with E-state index < -0.39 is 0 Å². The normalized spacial score (nSPS) is 11.1. The summed E-state index contributed by atoms with van der Waals surface area (Å²) in [6.45, 7) is 3.13. The van der Waals surface area contributed by atoms with E-state index in [0.717, 1.165) is 5.56 Å². The highest BCUT2D eigenvalue weighted by Crippen LogP contribution is 2.26. The molecule has 0 radical (unpaired) electrons. The Balaban J connectivity index is 2.95. The van der Waals surface area contributed by atoms with Crippen molar-refractivity contribution in [2.75, 3.05) is 7.11 Å². The van der Waals surface area contributed by atoms with E-state index in [2.05, 4.69) is 10.5 Å². The number of benzene rings is 1. The highest BCUT2D eigenvalue weighted by molar-refractivity contribution is 5.99. The summed E-state index contributed by atoms with van der Waals surface area (Å²) in [6, 6.07) is 4.86. The van der Waals surface area contributed by atoms with Crippen LogP contribution in [0.3, 0.4) is 0 Å². The van der Waals surface area contributed by atoms with Crippen molar-refractivity contribution >= 4 is 11.6 Å². The van der Waals surface area contributed by atoms with E-state index in [1.54, 1.807) is 19.1 Å². The molecule has 86 valence electrons. The summed E-state index contributed by atoms with van der Waals surface area (Å²) >= 11 is 0. The molecule has 1 aromatic rings. The van der Waals surface area contributed by atoms with E-state index >= 15 is 0 Å². The van der Waals surface area contributed by atoms with E-state index in [9.17, 15) is 9.90 Å². The summed E-state index contributed by atoms with van der Waals surface area (Å²) in [5, 5.41) is 13.3. The molecular weight excluding hydrogens is 208 g/mol. The van der Waals surface area contributed by atoms with Gasteiger partial charge in [-0.3, -0.25) is 4.79 Å². The average molecular weight is 222 g/mol. The number of methoxy groups -OCH3 is 1. The van der Waals surface area contributed by atoms with E-state index in [0.29, 0.717) is 11.5 Å². The van der Waals surface area contributed by atoms with Gasteiger partial charge in [-0.1, -0.05) is 0 Å². The Labute approximate surface area is 93.7 Å². The molecular formula is C11H14N2O3. The van der Waals surface area contributed by atoms with Gasteiger partial charge in [0, 0.05) is 12.5 Å². The van der Waals surface area contributed by atoms with Crippen molar-refractivity contribution in [1.29, 1.82) is 0 Å². The second kappa shape index (κ2) is 5.16.